The van der Waals surface area contributed by atoms with Crippen molar-refractivity contribution in [2.24, 2.45) is 5.92 Å². The van der Waals surface area contributed by atoms with Gasteiger partial charge in [0.1, 0.15) is 11.7 Å². The van der Waals surface area contributed by atoms with E-state index in [2.05, 4.69) is 15.3 Å². The molecule has 180 valence electrons. The summed E-state index contributed by atoms with van der Waals surface area (Å²) in [4.78, 5) is 43.3. The van der Waals surface area contributed by atoms with Gasteiger partial charge in [0.2, 0.25) is 5.91 Å². The number of pyridine rings is 1. The number of thiazole rings is 1. The summed E-state index contributed by atoms with van der Waals surface area (Å²) in [7, 11) is 0. The zero-order valence-electron chi connectivity index (χ0n) is 17.2. The topological polar surface area (TPSA) is 133 Å². The number of thioether (sulfide) groups is 1. The Balaban J connectivity index is 0.000000344. The molecule has 14 heteroatoms. The van der Waals surface area contributed by atoms with Gasteiger partial charge in [-0.2, -0.15) is 13.2 Å². The van der Waals surface area contributed by atoms with E-state index in [1.54, 1.807) is 12.4 Å². The average molecular weight is 515 g/mol. The van der Waals surface area contributed by atoms with Crippen LogP contribution >= 0.6 is 23.1 Å². The lowest BCUT2D eigenvalue weighted by Gasteiger charge is -2.48. The van der Waals surface area contributed by atoms with E-state index in [1.165, 1.54) is 28.0 Å². The molecule has 5 rings (SSSR count). The van der Waals surface area contributed by atoms with E-state index in [9.17, 15) is 27.9 Å². The van der Waals surface area contributed by atoms with Crippen LogP contribution in [0, 0.1) is 5.92 Å². The van der Waals surface area contributed by atoms with Gasteiger partial charge in [0, 0.05) is 35.0 Å². The van der Waals surface area contributed by atoms with Gasteiger partial charge in [-0.05, 0) is 30.7 Å². The van der Waals surface area contributed by atoms with Crippen molar-refractivity contribution in [1.82, 2.24) is 20.2 Å². The summed E-state index contributed by atoms with van der Waals surface area (Å²) in [6.07, 6.45) is -0.726. The number of hydrogen-bond acceptors (Lipinski definition) is 8. The minimum absolute atomic E-state index is 0.0322. The maximum Gasteiger partial charge on any atom is 0.490 e. The molecule has 1 unspecified atom stereocenters. The number of aliphatic carboxylic acids is 2. The summed E-state index contributed by atoms with van der Waals surface area (Å²) in [6, 6.07) is 3.58. The van der Waals surface area contributed by atoms with Gasteiger partial charge in [-0.25, -0.2) is 14.6 Å². The zero-order chi connectivity index (χ0) is 24.6. The Bertz CT molecular complexity index is 1150. The zero-order valence-corrected chi connectivity index (χ0v) is 18.8. The van der Waals surface area contributed by atoms with Crippen molar-refractivity contribution < 1.29 is 37.8 Å². The SMILES string of the molecule is O=C(O)C(F)(F)F.O=C(O)C1=C(CSc2nc(-c3cccnc3)cs2)C2CCN[C@@H]3C(=O)N1[C@H]23. The number of carbonyl (C=O) groups excluding carboxylic acids is 1. The summed E-state index contributed by atoms with van der Waals surface area (Å²) >= 11 is 3.08. The van der Waals surface area contributed by atoms with Crippen LogP contribution in [0.4, 0.5) is 13.2 Å². The van der Waals surface area contributed by atoms with E-state index >= 15 is 0 Å². The fourth-order valence-corrected chi connectivity index (χ4v) is 6.13. The Morgan fingerprint density at radius 2 is 2.06 bits per heavy atom. The van der Waals surface area contributed by atoms with Crippen LogP contribution < -0.4 is 5.32 Å². The van der Waals surface area contributed by atoms with Gasteiger partial charge in [-0.3, -0.25) is 14.7 Å². The minimum atomic E-state index is -5.08. The van der Waals surface area contributed by atoms with Gasteiger partial charge in [-0.1, -0.05) is 11.8 Å². The standard InChI is InChI=1S/C18H16N4O3S2.C2HF3O2/c23-16-13-14-10(3-5-20-13)11(15(17(24)25)22(14)16)7-26-18-21-12(8-27-18)9-2-1-4-19-6-9;3-2(4,5)1(6)7/h1-2,4,6,8,10,13-14,20H,3,5,7H2,(H,24,25);(H,6,7)/t10?,13-,14+;/m0./s1. The fourth-order valence-electron chi connectivity index (χ4n) is 4.19. The molecule has 2 saturated heterocycles. The number of nitrogens with zero attached hydrogens (tertiary/aromatic N) is 3. The molecule has 3 atom stereocenters. The van der Waals surface area contributed by atoms with Crippen LogP contribution in [0.25, 0.3) is 11.3 Å². The number of carboxylic acid groups (broad SMARTS) is 2. The third-order valence-corrected chi connectivity index (χ3v) is 7.67. The minimum Gasteiger partial charge on any atom is -0.477 e. The highest BCUT2D eigenvalue weighted by Gasteiger charge is 2.60. The smallest absolute Gasteiger partial charge is 0.477 e. The number of alkyl halides is 3. The number of carbonyl (C=O) groups is 3. The Morgan fingerprint density at radius 1 is 1.32 bits per heavy atom. The van der Waals surface area contributed by atoms with E-state index in [4.69, 9.17) is 9.90 Å². The largest absolute Gasteiger partial charge is 0.490 e. The predicted octanol–water partition coefficient (Wildman–Crippen LogP) is 2.47. The quantitative estimate of drug-likeness (QED) is 0.407. The molecule has 9 nitrogen and oxygen atoms in total. The molecule has 2 aromatic heterocycles. The van der Waals surface area contributed by atoms with Crippen LogP contribution in [0.3, 0.4) is 0 Å². The van der Waals surface area contributed by atoms with Crippen molar-refractivity contribution in [1.29, 1.82) is 0 Å². The van der Waals surface area contributed by atoms with Crippen molar-refractivity contribution in [2.45, 2.75) is 29.0 Å². The second-order valence-corrected chi connectivity index (χ2v) is 9.62. The molecular weight excluding hydrogens is 497 g/mol. The summed E-state index contributed by atoms with van der Waals surface area (Å²) in [6.45, 7) is 0.745. The average Bonchev–Trinajstić information content (AvgIpc) is 3.39. The lowest BCUT2D eigenvalue weighted by molar-refractivity contribution is -0.192. The molecule has 3 aliphatic heterocycles. The molecular formula is C20H17F3N4O5S2. The van der Waals surface area contributed by atoms with Gasteiger partial charge in [0.25, 0.3) is 0 Å². The number of hydrogen-bond donors (Lipinski definition) is 3. The fraction of sp³-hybridized carbons (Fsp3) is 0.350. The van der Waals surface area contributed by atoms with Crippen molar-refractivity contribution in [3.63, 3.8) is 0 Å². The number of β-lactam (4-membered cyclic amide) rings is 1. The molecule has 0 saturated carbocycles. The normalized spacial score (nSPS) is 23.1. The molecule has 0 spiro atoms. The van der Waals surface area contributed by atoms with Crippen molar-refractivity contribution in [3.05, 3.63) is 41.2 Å². The van der Waals surface area contributed by atoms with E-state index < -0.39 is 18.1 Å². The first-order valence-corrected chi connectivity index (χ1v) is 11.8. The van der Waals surface area contributed by atoms with Crippen LogP contribution in [0.15, 0.2) is 45.5 Å². The van der Waals surface area contributed by atoms with E-state index in [1.807, 2.05) is 17.5 Å². The number of halogens is 3. The third-order valence-electron chi connectivity index (χ3n) is 5.60. The summed E-state index contributed by atoms with van der Waals surface area (Å²) < 4.78 is 32.6. The van der Waals surface area contributed by atoms with E-state index in [-0.39, 0.29) is 29.6 Å². The molecule has 34 heavy (non-hydrogen) atoms. The summed E-state index contributed by atoms with van der Waals surface area (Å²) in [5.74, 6) is -3.21. The van der Waals surface area contributed by atoms with Gasteiger partial charge in [0.15, 0.2) is 4.34 Å². The van der Waals surface area contributed by atoms with Crippen LogP contribution in [0.2, 0.25) is 0 Å². The molecule has 2 aromatic rings. The first-order valence-electron chi connectivity index (χ1n) is 9.91. The lowest BCUT2D eigenvalue weighted by atomic mass is 9.80. The number of amides is 1. The monoisotopic (exact) mass is 514 g/mol. The van der Waals surface area contributed by atoms with Crippen LogP contribution in [0.5, 0.6) is 0 Å². The molecule has 0 aromatic carbocycles. The van der Waals surface area contributed by atoms with E-state index in [0.29, 0.717) is 5.75 Å². The van der Waals surface area contributed by atoms with Crippen molar-refractivity contribution in [3.8, 4) is 11.3 Å². The number of aromatic nitrogens is 2. The van der Waals surface area contributed by atoms with Crippen LogP contribution in [0.1, 0.15) is 6.42 Å². The Labute approximate surface area is 198 Å². The molecule has 0 bridgehead atoms. The maximum atomic E-state index is 12.3. The molecule has 2 fully saturated rings. The Morgan fingerprint density at radius 3 is 2.68 bits per heavy atom. The number of rotatable bonds is 5. The summed E-state index contributed by atoms with van der Waals surface area (Å²) in [5, 5.41) is 22.0. The van der Waals surface area contributed by atoms with Gasteiger partial charge < -0.3 is 15.5 Å². The number of nitrogens with one attached hydrogen (secondary N) is 1. The van der Waals surface area contributed by atoms with Crippen LogP contribution in [-0.2, 0) is 14.4 Å². The maximum absolute atomic E-state index is 12.3. The Kier molecular flexibility index (Phi) is 6.64. The van der Waals surface area contributed by atoms with Gasteiger partial charge >= 0.3 is 18.1 Å². The summed E-state index contributed by atoms with van der Waals surface area (Å²) in [5.41, 5.74) is 2.89. The number of carboxylic acids is 2. The van der Waals surface area contributed by atoms with Crippen molar-refractivity contribution >= 4 is 40.9 Å². The second kappa shape index (κ2) is 9.35. The lowest BCUT2D eigenvalue weighted by Crippen LogP contribution is -2.71. The van der Waals surface area contributed by atoms with Crippen LogP contribution in [-0.4, -0.2) is 73.5 Å². The highest BCUT2D eigenvalue weighted by Crippen LogP contribution is 2.47. The highest BCUT2D eigenvalue weighted by molar-refractivity contribution is 8.01. The molecule has 0 radical (unpaired) electrons. The molecule has 3 N–H and O–H groups in total. The van der Waals surface area contributed by atoms with Gasteiger partial charge in [-0.15, -0.1) is 11.3 Å². The Hall–Kier alpha value is -2.97. The first-order chi connectivity index (χ1) is 16.1. The second-order valence-electron chi connectivity index (χ2n) is 7.54. The van der Waals surface area contributed by atoms with E-state index in [0.717, 1.165) is 34.1 Å². The predicted molar refractivity (Wildman–Crippen MR) is 115 cm³/mol. The van der Waals surface area contributed by atoms with Gasteiger partial charge in [0.05, 0.1) is 11.7 Å². The third kappa shape index (κ3) is 4.52. The molecule has 1 amide bonds. The first kappa shape index (κ1) is 24.2. The molecule has 0 aliphatic carbocycles. The van der Waals surface area contributed by atoms with Crippen molar-refractivity contribution in [2.75, 3.05) is 12.3 Å². The molecule has 5 heterocycles. The highest BCUT2D eigenvalue weighted by atomic mass is 32.2. The number of piperidine rings is 1. The molecule has 3 aliphatic rings.